The van der Waals surface area contributed by atoms with Crippen molar-refractivity contribution in [3.05, 3.63) is 59.7 Å². The van der Waals surface area contributed by atoms with Crippen LogP contribution >= 0.6 is 0 Å². The number of carbonyl (C=O) groups is 1. The van der Waals surface area contributed by atoms with Crippen molar-refractivity contribution in [1.29, 1.82) is 0 Å². The molecule has 3 heterocycles. The number of ether oxygens (including phenoxy) is 1. The molecule has 1 amide bonds. The van der Waals surface area contributed by atoms with Crippen LogP contribution in [0.5, 0.6) is 0 Å². The largest absolute Gasteiger partial charge is 0.370 e. The van der Waals surface area contributed by atoms with Gasteiger partial charge in [-0.15, -0.1) is 10.2 Å². The van der Waals surface area contributed by atoms with Crippen molar-refractivity contribution in [2.75, 3.05) is 37.7 Å². The molecule has 0 atom stereocenters. The zero-order chi connectivity index (χ0) is 21.0. The Morgan fingerprint density at radius 2 is 1.87 bits per heavy atom. The highest BCUT2D eigenvalue weighted by atomic mass is 16.5. The van der Waals surface area contributed by atoms with Crippen molar-refractivity contribution in [2.24, 2.45) is 0 Å². The van der Waals surface area contributed by atoms with Crippen molar-refractivity contribution >= 4 is 11.6 Å². The number of aromatic nitrogens is 4. The van der Waals surface area contributed by atoms with Gasteiger partial charge in [-0.25, -0.2) is 0 Å². The van der Waals surface area contributed by atoms with Crippen LogP contribution in [-0.2, 0) is 29.0 Å². The van der Waals surface area contributed by atoms with E-state index in [0.717, 1.165) is 63.5 Å². The number of para-hydroxylation sites is 1. The molecule has 1 aromatic heterocycles. The third-order valence-corrected chi connectivity index (χ3v) is 6.01. The first-order valence-electron chi connectivity index (χ1n) is 10.9. The van der Waals surface area contributed by atoms with Gasteiger partial charge >= 0.3 is 0 Å². The zero-order valence-corrected chi connectivity index (χ0v) is 17.5. The molecule has 160 valence electrons. The molecule has 0 radical (unpaired) electrons. The SMILES string of the molecule is O=C(Cn1nnc(-c2ccc(C[NH+]3CCOCC3)cc2)n1)N1CCCc2ccccc21. The Bertz CT molecular complexity index is 1040. The summed E-state index contributed by atoms with van der Waals surface area (Å²) in [6.45, 7) is 5.57. The number of carbonyl (C=O) groups excluding carboxylic acids is 1. The Morgan fingerprint density at radius 3 is 2.71 bits per heavy atom. The molecule has 8 heteroatoms. The second kappa shape index (κ2) is 8.95. The van der Waals surface area contributed by atoms with Crippen molar-refractivity contribution in [3.8, 4) is 11.4 Å². The summed E-state index contributed by atoms with van der Waals surface area (Å²) in [4.78, 5) is 17.7. The number of rotatable bonds is 5. The van der Waals surface area contributed by atoms with Crippen molar-refractivity contribution < 1.29 is 14.4 Å². The van der Waals surface area contributed by atoms with Gasteiger partial charge in [0.25, 0.3) is 5.91 Å². The quantitative estimate of drug-likeness (QED) is 0.660. The van der Waals surface area contributed by atoms with Gasteiger partial charge in [0.2, 0.25) is 5.82 Å². The number of fused-ring (bicyclic) bond motifs is 1. The van der Waals surface area contributed by atoms with Gasteiger partial charge in [0, 0.05) is 23.4 Å². The molecule has 5 rings (SSSR count). The Hall–Kier alpha value is -3.10. The monoisotopic (exact) mass is 419 g/mol. The van der Waals surface area contributed by atoms with E-state index >= 15 is 0 Å². The van der Waals surface area contributed by atoms with E-state index in [9.17, 15) is 4.79 Å². The molecule has 2 aromatic carbocycles. The van der Waals surface area contributed by atoms with Crippen molar-refractivity contribution in [2.45, 2.75) is 25.9 Å². The summed E-state index contributed by atoms with van der Waals surface area (Å²) in [5.74, 6) is 0.525. The molecular weight excluding hydrogens is 392 g/mol. The fourth-order valence-corrected chi connectivity index (χ4v) is 4.32. The fourth-order valence-electron chi connectivity index (χ4n) is 4.32. The number of nitrogens with one attached hydrogen (secondary N) is 1. The maximum absolute atomic E-state index is 12.9. The average molecular weight is 420 g/mol. The lowest BCUT2D eigenvalue weighted by Gasteiger charge is -2.29. The lowest BCUT2D eigenvalue weighted by atomic mass is 10.0. The molecule has 1 saturated heterocycles. The minimum Gasteiger partial charge on any atom is -0.370 e. The number of morpholine rings is 1. The third kappa shape index (κ3) is 4.50. The van der Waals surface area contributed by atoms with Crippen LogP contribution in [0.15, 0.2) is 48.5 Å². The van der Waals surface area contributed by atoms with Gasteiger partial charge in [-0.05, 0) is 29.7 Å². The molecule has 1 N–H and O–H groups in total. The van der Waals surface area contributed by atoms with Crippen LogP contribution in [-0.4, -0.2) is 59.0 Å². The molecule has 0 aliphatic carbocycles. The number of tetrazole rings is 1. The van der Waals surface area contributed by atoms with Crippen LogP contribution < -0.4 is 9.80 Å². The highest BCUT2D eigenvalue weighted by molar-refractivity contribution is 5.94. The third-order valence-electron chi connectivity index (χ3n) is 6.01. The molecule has 2 aliphatic heterocycles. The molecule has 1 fully saturated rings. The van der Waals surface area contributed by atoms with E-state index in [1.807, 2.05) is 35.2 Å². The second-order valence-corrected chi connectivity index (χ2v) is 8.16. The number of aryl methyl sites for hydroxylation is 1. The van der Waals surface area contributed by atoms with E-state index in [4.69, 9.17) is 4.74 Å². The van der Waals surface area contributed by atoms with E-state index in [-0.39, 0.29) is 12.5 Å². The molecular formula is C23H27N6O2+. The van der Waals surface area contributed by atoms with Gasteiger partial charge < -0.3 is 14.5 Å². The first-order chi connectivity index (χ1) is 15.3. The first kappa shape index (κ1) is 19.8. The molecule has 31 heavy (non-hydrogen) atoms. The highest BCUT2D eigenvalue weighted by Gasteiger charge is 2.23. The summed E-state index contributed by atoms with van der Waals surface area (Å²) in [5, 5.41) is 12.7. The summed E-state index contributed by atoms with van der Waals surface area (Å²) in [5.41, 5.74) is 4.40. The van der Waals surface area contributed by atoms with Crippen LogP contribution in [0.2, 0.25) is 0 Å². The topological polar surface area (TPSA) is 77.6 Å². The minimum atomic E-state index is -0.0139. The van der Waals surface area contributed by atoms with E-state index in [2.05, 4.69) is 33.6 Å². The molecule has 2 aliphatic rings. The van der Waals surface area contributed by atoms with E-state index in [1.165, 1.54) is 15.9 Å². The molecule has 0 spiro atoms. The highest BCUT2D eigenvalue weighted by Crippen LogP contribution is 2.26. The number of quaternary nitrogens is 1. The van der Waals surface area contributed by atoms with Gasteiger partial charge in [-0.1, -0.05) is 42.5 Å². The number of amides is 1. The number of nitrogens with zero attached hydrogens (tertiary/aromatic N) is 5. The summed E-state index contributed by atoms with van der Waals surface area (Å²) in [6.07, 6.45) is 1.98. The van der Waals surface area contributed by atoms with Gasteiger partial charge in [-0.2, -0.15) is 4.80 Å². The number of anilines is 1. The van der Waals surface area contributed by atoms with Crippen molar-refractivity contribution in [3.63, 3.8) is 0 Å². The Morgan fingerprint density at radius 1 is 1.06 bits per heavy atom. The van der Waals surface area contributed by atoms with Gasteiger partial charge in [0.05, 0.1) is 13.2 Å². The maximum atomic E-state index is 12.9. The predicted molar refractivity (Wildman–Crippen MR) is 116 cm³/mol. The minimum absolute atomic E-state index is 0.0139. The molecule has 0 bridgehead atoms. The van der Waals surface area contributed by atoms with Crippen LogP contribution in [0, 0.1) is 0 Å². The van der Waals surface area contributed by atoms with Crippen molar-refractivity contribution in [1.82, 2.24) is 20.2 Å². The predicted octanol–water partition coefficient (Wildman–Crippen LogP) is 0.735. The average Bonchev–Trinajstić information content (AvgIpc) is 3.28. The van der Waals surface area contributed by atoms with E-state index in [0.29, 0.717) is 5.82 Å². The lowest BCUT2D eigenvalue weighted by molar-refractivity contribution is -0.921. The fraction of sp³-hybridized carbons (Fsp3) is 0.391. The molecule has 3 aromatic rings. The standard InChI is InChI=1S/C23H26N6O2/c30-22(28-11-3-5-19-4-1-2-6-21(19)28)17-29-25-23(24-26-29)20-9-7-18(8-10-20)16-27-12-14-31-15-13-27/h1-2,4,6-10H,3,5,11-17H2/p+1. The summed E-state index contributed by atoms with van der Waals surface area (Å²) < 4.78 is 5.43. The van der Waals surface area contributed by atoms with Crippen LogP contribution in [0.3, 0.4) is 0 Å². The molecule has 0 unspecified atom stereocenters. The molecule has 0 saturated carbocycles. The summed E-state index contributed by atoms with van der Waals surface area (Å²) >= 11 is 0. The maximum Gasteiger partial charge on any atom is 0.250 e. The Kier molecular flexibility index (Phi) is 5.73. The van der Waals surface area contributed by atoms with Crippen LogP contribution in [0.4, 0.5) is 5.69 Å². The van der Waals surface area contributed by atoms with E-state index < -0.39 is 0 Å². The van der Waals surface area contributed by atoms with E-state index in [1.54, 1.807) is 4.90 Å². The first-order valence-corrected chi connectivity index (χ1v) is 10.9. The number of hydrogen-bond acceptors (Lipinski definition) is 5. The Balaban J connectivity index is 1.23. The van der Waals surface area contributed by atoms with Gasteiger partial charge in [0.1, 0.15) is 26.2 Å². The normalized spacial score (nSPS) is 16.8. The molecule has 8 nitrogen and oxygen atoms in total. The Labute approximate surface area is 181 Å². The lowest BCUT2D eigenvalue weighted by Crippen LogP contribution is -3.12. The summed E-state index contributed by atoms with van der Waals surface area (Å²) in [6, 6.07) is 16.4. The smallest absolute Gasteiger partial charge is 0.250 e. The van der Waals surface area contributed by atoms with Crippen LogP contribution in [0.25, 0.3) is 11.4 Å². The van der Waals surface area contributed by atoms with Gasteiger partial charge in [0.15, 0.2) is 0 Å². The zero-order valence-electron chi connectivity index (χ0n) is 17.5. The van der Waals surface area contributed by atoms with Gasteiger partial charge in [-0.3, -0.25) is 4.79 Å². The number of hydrogen-bond donors (Lipinski definition) is 1. The van der Waals surface area contributed by atoms with Crippen LogP contribution in [0.1, 0.15) is 17.5 Å². The second-order valence-electron chi connectivity index (χ2n) is 8.16. The number of benzene rings is 2. The summed E-state index contributed by atoms with van der Waals surface area (Å²) in [7, 11) is 0.